The zero-order valence-corrected chi connectivity index (χ0v) is 18.3. The molecule has 0 saturated heterocycles. The Labute approximate surface area is 178 Å². The topological polar surface area (TPSA) is 84.4 Å². The third kappa shape index (κ3) is 5.75. The van der Waals surface area contributed by atoms with Gasteiger partial charge in [-0.25, -0.2) is 4.79 Å². The van der Waals surface area contributed by atoms with E-state index in [2.05, 4.69) is 54.6 Å². The van der Waals surface area contributed by atoms with Crippen molar-refractivity contribution < 1.29 is 4.79 Å². The number of nitrogens with zero attached hydrogens (tertiary/aromatic N) is 1. The summed E-state index contributed by atoms with van der Waals surface area (Å²) in [5, 5.41) is 8.23. The fourth-order valence-corrected chi connectivity index (χ4v) is 4.68. The van der Waals surface area contributed by atoms with Gasteiger partial charge in [-0.3, -0.25) is 5.14 Å². The Morgan fingerprint density at radius 2 is 1.55 bits per heavy atom. The molecule has 2 aromatic carbocycles. The average molecular weight is 413 g/mol. The fourth-order valence-electron chi connectivity index (χ4n) is 4.29. The number of nitrogens with one attached hydrogen (secondary N) is 1. The van der Waals surface area contributed by atoms with Crippen LogP contribution in [0.1, 0.15) is 46.2 Å². The number of hydrogen-bond donors (Lipinski definition) is 3. The minimum absolute atomic E-state index is 0.436. The molecule has 0 bridgehead atoms. The molecule has 5 nitrogen and oxygen atoms in total. The molecule has 0 radical (unpaired) electrons. The number of rotatable bonds is 5. The van der Waals surface area contributed by atoms with E-state index in [1.807, 2.05) is 0 Å². The molecular weight excluding hydrogens is 380 g/mol. The summed E-state index contributed by atoms with van der Waals surface area (Å²) in [6.07, 6.45) is 6.86. The Hall–Kier alpha value is -2.02. The minimum atomic E-state index is -0.436. The van der Waals surface area contributed by atoms with Crippen LogP contribution in [0.5, 0.6) is 0 Å². The molecule has 0 aliphatic heterocycles. The van der Waals surface area contributed by atoms with Gasteiger partial charge in [-0.1, -0.05) is 42.3 Å². The highest BCUT2D eigenvalue weighted by Crippen LogP contribution is 2.38. The third-order valence-corrected chi connectivity index (χ3v) is 5.99. The maximum Gasteiger partial charge on any atom is 0.316 e. The molecule has 2 aliphatic carbocycles. The van der Waals surface area contributed by atoms with Crippen LogP contribution in [0.25, 0.3) is 0 Å². The summed E-state index contributed by atoms with van der Waals surface area (Å²) < 4.78 is 0. The van der Waals surface area contributed by atoms with Crippen molar-refractivity contribution in [2.75, 3.05) is 19.4 Å². The lowest BCUT2D eigenvalue weighted by molar-refractivity contribution is 0.259. The lowest BCUT2D eigenvalue weighted by atomic mass is 9.99. The van der Waals surface area contributed by atoms with Gasteiger partial charge in [0, 0.05) is 18.0 Å². The molecule has 0 aromatic heterocycles. The summed E-state index contributed by atoms with van der Waals surface area (Å²) in [7, 11) is 4.15. The Balaban J connectivity index is 0.000000170. The van der Waals surface area contributed by atoms with Gasteiger partial charge in [0.1, 0.15) is 0 Å². The Kier molecular flexibility index (Phi) is 7.58. The number of amides is 2. The number of fused-ring (bicyclic) bond motifs is 2. The number of carbonyl (C=O) groups excluding carboxylic acids is 1. The first-order valence-corrected chi connectivity index (χ1v) is 11.3. The van der Waals surface area contributed by atoms with E-state index in [4.69, 9.17) is 10.9 Å². The van der Waals surface area contributed by atoms with Crippen LogP contribution in [-0.2, 0) is 38.0 Å². The Morgan fingerprint density at radius 1 is 1.00 bits per heavy atom. The van der Waals surface area contributed by atoms with Crippen LogP contribution >= 0.6 is 11.9 Å². The number of nitrogens with two attached hydrogens (primary N) is 2. The van der Waals surface area contributed by atoms with E-state index in [1.54, 1.807) is 0 Å². The largest absolute Gasteiger partial charge is 0.351 e. The molecule has 2 aliphatic rings. The molecule has 4 rings (SSSR count). The molecule has 0 fully saturated rings. The highest BCUT2D eigenvalue weighted by Gasteiger charge is 2.24. The molecule has 0 saturated carbocycles. The maximum atomic E-state index is 11.1. The van der Waals surface area contributed by atoms with Gasteiger partial charge in [0.05, 0.1) is 0 Å². The van der Waals surface area contributed by atoms with Crippen molar-refractivity contribution in [3.8, 4) is 0 Å². The third-order valence-electron chi connectivity index (χ3n) is 5.49. The minimum Gasteiger partial charge on any atom is -0.351 e. The second kappa shape index (κ2) is 10.1. The van der Waals surface area contributed by atoms with E-state index >= 15 is 0 Å². The second-order valence-corrected chi connectivity index (χ2v) is 8.71. The van der Waals surface area contributed by atoms with E-state index in [9.17, 15) is 4.79 Å². The van der Waals surface area contributed by atoms with Crippen LogP contribution in [-0.4, -0.2) is 25.0 Å². The molecule has 0 unspecified atom stereocenters. The molecule has 0 heterocycles. The summed E-state index contributed by atoms with van der Waals surface area (Å²) in [5.41, 5.74) is 14.4. The van der Waals surface area contributed by atoms with Crippen LogP contribution in [0.4, 0.5) is 10.5 Å². The van der Waals surface area contributed by atoms with Crippen LogP contribution in [0.2, 0.25) is 0 Å². The number of hydrogen-bond acceptors (Lipinski definition) is 4. The van der Waals surface area contributed by atoms with Crippen LogP contribution < -0.4 is 16.2 Å². The molecule has 6 heteroatoms. The molecule has 2 amide bonds. The first-order chi connectivity index (χ1) is 14.0. The standard InChI is InChI=1S/C13H16N2O.C10H16N2S/c14-13(16)15-12-10-5-1-3-8(10)7-9-4-2-6-11(9)12;1-12(2)7-9-3-5-10(6-4-9)8-13-11/h7H,1-6H2,(H3,14,15,16);3-6H,7-8,11H2,1-2H3. The van der Waals surface area contributed by atoms with Crippen molar-refractivity contribution in [2.45, 2.75) is 50.8 Å². The first-order valence-electron chi connectivity index (χ1n) is 10.2. The Bertz CT molecular complexity index is 817. The van der Waals surface area contributed by atoms with E-state index in [0.29, 0.717) is 0 Å². The highest BCUT2D eigenvalue weighted by atomic mass is 32.2. The van der Waals surface area contributed by atoms with Crippen molar-refractivity contribution in [1.29, 1.82) is 0 Å². The van der Waals surface area contributed by atoms with Gasteiger partial charge in [0.25, 0.3) is 0 Å². The number of carbonyl (C=O) groups is 1. The monoisotopic (exact) mass is 412 g/mol. The summed E-state index contributed by atoms with van der Waals surface area (Å²) in [5.74, 6) is 0.891. The maximum absolute atomic E-state index is 11.1. The molecule has 0 atom stereocenters. The fraction of sp³-hybridized carbons (Fsp3) is 0.435. The van der Waals surface area contributed by atoms with Crippen molar-refractivity contribution in [1.82, 2.24) is 4.90 Å². The van der Waals surface area contributed by atoms with Crippen LogP contribution in [0.15, 0.2) is 30.3 Å². The molecule has 0 spiro atoms. The van der Waals surface area contributed by atoms with Crippen LogP contribution in [0.3, 0.4) is 0 Å². The van der Waals surface area contributed by atoms with Crippen molar-refractivity contribution in [3.05, 3.63) is 63.7 Å². The summed E-state index contributed by atoms with van der Waals surface area (Å²) in [6.45, 7) is 0.996. The van der Waals surface area contributed by atoms with Gasteiger partial charge in [-0.05, 0) is 86.0 Å². The van der Waals surface area contributed by atoms with Gasteiger partial charge in [0.2, 0.25) is 0 Å². The number of urea groups is 1. The second-order valence-electron chi connectivity index (χ2n) is 8.09. The first kappa shape index (κ1) is 21.7. The molecule has 2 aromatic rings. The van der Waals surface area contributed by atoms with Gasteiger partial charge in [0.15, 0.2) is 0 Å². The van der Waals surface area contributed by atoms with Crippen molar-refractivity contribution in [2.24, 2.45) is 10.9 Å². The van der Waals surface area contributed by atoms with Gasteiger partial charge in [-0.15, -0.1) is 0 Å². The normalized spacial score (nSPS) is 14.2. The summed E-state index contributed by atoms with van der Waals surface area (Å²) in [4.78, 5) is 13.2. The Morgan fingerprint density at radius 3 is 2.03 bits per heavy atom. The predicted molar refractivity (Wildman–Crippen MR) is 123 cm³/mol. The van der Waals surface area contributed by atoms with Gasteiger partial charge >= 0.3 is 6.03 Å². The molecule has 29 heavy (non-hydrogen) atoms. The molecule has 156 valence electrons. The summed E-state index contributed by atoms with van der Waals surface area (Å²) in [6, 6.07) is 10.5. The van der Waals surface area contributed by atoms with Crippen molar-refractivity contribution in [3.63, 3.8) is 0 Å². The lowest BCUT2D eigenvalue weighted by Gasteiger charge is -2.14. The zero-order valence-electron chi connectivity index (χ0n) is 17.5. The number of benzene rings is 2. The van der Waals surface area contributed by atoms with E-state index < -0.39 is 6.03 Å². The summed E-state index contributed by atoms with van der Waals surface area (Å²) >= 11 is 1.36. The molecular formula is C23H32N4OS. The van der Waals surface area contributed by atoms with E-state index in [0.717, 1.165) is 43.7 Å². The van der Waals surface area contributed by atoms with Crippen LogP contribution in [0, 0.1) is 0 Å². The van der Waals surface area contributed by atoms with E-state index in [-0.39, 0.29) is 0 Å². The zero-order chi connectivity index (χ0) is 20.8. The molecule has 5 N–H and O–H groups in total. The SMILES string of the molecule is CN(C)Cc1ccc(CSN)cc1.NC(=O)Nc1c2c(cc3c1CCC3)CCC2. The number of anilines is 1. The highest BCUT2D eigenvalue weighted by molar-refractivity contribution is 7.96. The van der Waals surface area contributed by atoms with Gasteiger partial charge in [-0.2, -0.15) is 0 Å². The number of aryl methyl sites for hydroxylation is 2. The van der Waals surface area contributed by atoms with E-state index in [1.165, 1.54) is 58.2 Å². The predicted octanol–water partition coefficient (Wildman–Crippen LogP) is 4.01. The number of primary amides is 1. The quantitative estimate of drug-likeness (QED) is 0.648. The van der Waals surface area contributed by atoms with Gasteiger partial charge < -0.3 is 16.0 Å². The lowest BCUT2D eigenvalue weighted by Crippen LogP contribution is -2.21. The van der Waals surface area contributed by atoms with Crippen molar-refractivity contribution >= 4 is 23.7 Å². The smallest absolute Gasteiger partial charge is 0.316 e. The average Bonchev–Trinajstić information content (AvgIpc) is 3.32.